The van der Waals surface area contributed by atoms with Crippen LogP contribution in [-0.2, 0) is 9.53 Å². The van der Waals surface area contributed by atoms with Gasteiger partial charge in [0.05, 0.1) is 13.0 Å². The van der Waals surface area contributed by atoms with Gasteiger partial charge in [0.15, 0.2) is 0 Å². The van der Waals surface area contributed by atoms with Crippen LogP contribution in [0, 0.1) is 11.8 Å². The maximum atomic E-state index is 12.0. The van der Waals surface area contributed by atoms with Crippen LogP contribution in [0.2, 0.25) is 0 Å². The average molecular weight is 277 g/mol. The minimum Gasteiger partial charge on any atom is -0.493 e. The van der Waals surface area contributed by atoms with Gasteiger partial charge in [-0.2, -0.15) is 0 Å². The molecule has 1 aliphatic rings. The van der Waals surface area contributed by atoms with Crippen LogP contribution in [0.5, 0.6) is 5.75 Å². The number of para-hydroxylation sites is 1. The highest BCUT2D eigenvalue weighted by molar-refractivity contribution is 5.72. The van der Waals surface area contributed by atoms with E-state index in [0.29, 0.717) is 12.5 Å². The SMILES string of the molecule is COC(=O)C(COc1ccccc1)C1CCN(C)CC1. The number of ether oxygens (including phenoxy) is 2. The molecule has 0 radical (unpaired) electrons. The number of nitrogens with zero attached hydrogens (tertiary/aromatic N) is 1. The van der Waals surface area contributed by atoms with Crippen molar-refractivity contribution in [3.63, 3.8) is 0 Å². The molecule has 110 valence electrons. The van der Waals surface area contributed by atoms with E-state index in [4.69, 9.17) is 9.47 Å². The summed E-state index contributed by atoms with van der Waals surface area (Å²) < 4.78 is 10.7. The van der Waals surface area contributed by atoms with Gasteiger partial charge in [0.2, 0.25) is 0 Å². The summed E-state index contributed by atoms with van der Waals surface area (Å²) >= 11 is 0. The molecule has 4 heteroatoms. The lowest BCUT2D eigenvalue weighted by Crippen LogP contribution is -2.38. The molecule has 0 saturated carbocycles. The lowest BCUT2D eigenvalue weighted by Gasteiger charge is -2.32. The molecule has 1 atom stereocenters. The van der Waals surface area contributed by atoms with Crippen molar-refractivity contribution < 1.29 is 14.3 Å². The Morgan fingerprint density at radius 2 is 1.95 bits per heavy atom. The summed E-state index contributed by atoms with van der Waals surface area (Å²) in [4.78, 5) is 14.3. The van der Waals surface area contributed by atoms with Crippen LogP contribution in [0.25, 0.3) is 0 Å². The fourth-order valence-electron chi connectivity index (χ4n) is 2.68. The van der Waals surface area contributed by atoms with Crippen molar-refractivity contribution >= 4 is 5.97 Å². The molecule has 1 aromatic carbocycles. The summed E-state index contributed by atoms with van der Waals surface area (Å²) in [5, 5.41) is 0. The summed E-state index contributed by atoms with van der Waals surface area (Å²) in [6.45, 7) is 2.46. The molecule has 1 saturated heterocycles. The smallest absolute Gasteiger partial charge is 0.312 e. The Morgan fingerprint density at radius 1 is 1.30 bits per heavy atom. The number of carbonyl (C=O) groups is 1. The number of likely N-dealkylation sites (tertiary alicyclic amines) is 1. The predicted molar refractivity (Wildman–Crippen MR) is 77.7 cm³/mol. The highest BCUT2D eigenvalue weighted by Gasteiger charge is 2.32. The van der Waals surface area contributed by atoms with E-state index in [1.807, 2.05) is 30.3 Å². The molecule has 1 fully saturated rings. The summed E-state index contributed by atoms with van der Waals surface area (Å²) in [5.74, 6) is 0.820. The second-order valence-corrected chi connectivity index (χ2v) is 5.39. The first kappa shape index (κ1) is 14.9. The van der Waals surface area contributed by atoms with Gasteiger partial charge in [0, 0.05) is 0 Å². The van der Waals surface area contributed by atoms with Crippen molar-refractivity contribution in [1.29, 1.82) is 0 Å². The summed E-state index contributed by atoms with van der Waals surface area (Å²) in [7, 11) is 3.57. The first-order valence-electron chi connectivity index (χ1n) is 7.15. The number of methoxy groups -OCH3 is 1. The minimum atomic E-state index is -0.172. The third-order valence-electron chi connectivity index (χ3n) is 4.01. The van der Waals surface area contributed by atoms with Gasteiger partial charge in [-0.05, 0) is 51.0 Å². The van der Waals surface area contributed by atoms with E-state index in [1.54, 1.807) is 0 Å². The molecule has 0 N–H and O–H groups in total. The molecule has 0 amide bonds. The van der Waals surface area contributed by atoms with Crippen molar-refractivity contribution in [2.75, 3.05) is 33.9 Å². The number of carbonyl (C=O) groups excluding carboxylic acids is 1. The van der Waals surface area contributed by atoms with Gasteiger partial charge in [-0.25, -0.2) is 0 Å². The fourth-order valence-corrected chi connectivity index (χ4v) is 2.68. The second kappa shape index (κ2) is 7.29. The van der Waals surface area contributed by atoms with Crippen LogP contribution in [0.1, 0.15) is 12.8 Å². The number of hydrogen-bond acceptors (Lipinski definition) is 4. The van der Waals surface area contributed by atoms with Crippen LogP contribution >= 0.6 is 0 Å². The van der Waals surface area contributed by atoms with E-state index in [2.05, 4.69) is 11.9 Å². The highest BCUT2D eigenvalue weighted by Crippen LogP contribution is 2.26. The quantitative estimate of drug-likeness (QED) is 0.773. The number of esters is 1. The zero-order chi connectivity index (χ0) is 14.4. The number of hydrogen-bond donors (Lipinski definition) is 0. The topological polar surface area (TPSA) is 38.8 Å². The molecular formula is C16H23NO3. The number of benzene rings is 1. The van der Waals surface area contributed by atoms with Crippen molar-refractivity contribution in [3.05, 3.63) is 30.3 Å². The predicted octanol–water partition coefficient (Wildman–Crippen LogP) is 2.20. The summed E-state index contributed by atoms with van der Waals surface area (Å²) in [6, 6.07) is 9.61. The van der Waals surface area contributed by atoms with E-state index in [9.17, 15) is 4.79 Å². The maximum absolute atomic E-state index is 12.0. The van der Waals surface area contributed by atoms with E-state index < -0.39 is 0 Å². The Kier molecular flexibility index (Phi) is 5.41. The molecule has 1 aromatic rings. The Morgan fingerprint density at radius 3 is 2.55 bits per heavy atom. The van der Waals surface area contributed by atoms with Crippen molar-refractivity contribution in [2.45, 2.75) is 12.8 Å². The minimum absolute atomic E-state index is 0.157. The van der Waals surface area contributed by atoms with Crippen molar-refractivity contribution in [2.24, 2.45) is 11.8 Å². The Labute approximate surface area is 120 Å². The molecule has 1 unspecified atom stereocenters. The second-order valence-electron chi connectivity index (χ2n) is 5.39. The monoisotopic (exact) mass is 277 g/mol. The first-order valence-corrected chi connectivity index (χ1v) is 7.15. The van der Waals surface area contributed by atoms with Gasteiger partial charge in [-0.1, -0.05) is 18.2 Å². The highest BCUT2D eigenvalue weighted by atomic mass is 16.5. The van der Waals surface area contributed by atoms with Crippen LogP contribution < -0.4 is 4.74 Å². The van der Waals surface area contributed by atoms with E-state index >= 15 is 0 Å². The van der Waals surface area contributed by atoms with Gasteiger partial charge >= 0.3 is 5.97 Å². The molecule has 0 aliphatic carbocycles. The van der Waals surface area contributed by atoms with Gasteiger partial charge in [-0.3, -0.25) is 4.79 Å². The molecule has 0 spiro atoms. The van der Waals surface area contributed by atoms with Gasteiger partial charge in [0.1, 0.15) is 12.4 Å². The first-order chi connectivity index (χ1) is 9.70. The molecule has 1 aliphatic heterocycles. The van der Waals surface area contributed by atoms with Crippen molar-refractivity contribution in [3.8, 4) is 5.75 Å². The molecular weight excluding hydrogens is 254 g/mol. The van der Waals surface area contributed by atoms with E-state index in [1.165, 1.54) is 7.11 Å². The number of piperidine rings is 1. The summed E-state index contributed by atoms with van der Waals surface area (Å²) in [6.07, 6.45) is 2.04. The zero-order valence-corrected chi connectivity index (χ0v) is 12.2. The largest absolute Gasteiger partial charge is 0.493 e. The normalized spacial score (nSPS) is 18.5. The maximum Gasteiger partial charge on any atom is 0.312 e. The third-order valence-corrected chi connectivity index (χ3v) is 4.01. The molecule has 4 nitrogen and oxygen atoms in total. The van der Waals surface area contributed by atoms with Crippen LogP contribution in [-0.4, -0.2) is 44.7 Å². The van der Waals surface area contributed by atoms with Gasteiger partial charge < -0.3 is 14.4 Å². The third kappa shape index (κ3) is 3.97. The number of rotatable bonds is 5. The van der Waals surface area contributed by atoms with Crippen molar-refractivity contribution in [1.82, 2.24) is 4.90 Å². The molecule has 1 heterocycles. The fraction of sp³-hybridized carbons (Fsp3) is 0.562. The Balaban J connectivity index is 1.95. The Bertz CT molecular complexity index is 413. The van der Waals surface area contributed by atoms with E-state index in [0.717, 1.165) is 31.7 Å². The average Bonchev–Trinajstić information content (AvgIpc) is 2.50. The van der Waals surface area contributed by atoms with E-state index in [-0.39, 0.29) is 11.9 Å². The molecule has 2 rings (SSSR count). The summed E-state index contributed by atoms with van der Waals surface area (Å²) in [5.41, 5.74) is 0. The molecule has 20 heavy (non-hydrogen) atoms. The van der Waals surface area contributed by atoms with Crippen LogP contribution in [0.4, 0.5) is 0 Å². The van der Waals surface area contributed by atoms with Gasteiger partial charge in [-0.15, -0.1) is 0 Å². The molecule has 0 bridgehead atoms. The zero-order valence-electron chi connectivity index (χ0n) is 12.2. The van der Waals surface area contributed by atoms with Crippen LogP contribution in [0.15, 0.2) is 30.3 Å². The molecule has 0 aromatic heterocycles. The lowest BCUT2D eigenvalue weighted by atomic mass is 9.85. The lowest BCUT2D eigenvalue weighted by molar-refractivity contribution is -0.149. The van der Waals surface area contributed by atoms with Crippen LogP contribution in [0.3, 0.4) is 0 Å². The van der Waals surface area contributed by atoms with Gasteiger partial charge in [0.25, 0.3) is 0 Å². The standard InChI is InChI=1S/C16H23NO3/c1-17-10-8-13(9-11-17)15(16(18)19-2)12-20-14-6-4-3-5-7-14/h3-7,13,15H,8-12H2,1-2H3. The Hall–Kier alpha value is -1.55.